The van der Waals surface area contributed by atoms with Gasteiger partial charge >= 0.3 is 0 Å². The molecule has 4 heteroatoms. The van der Waals surface area contributed by atoms with E-state index in [1.165, 1.54) is 11.0 Å². The number of hydrogen-bond acceptors (Lipinski definition) is 3. The van der Waals surface area contributed by atoms with Crippen LogP contribution in [0.1, 0.15) is 32.8 Å². The van der Waals surface area contributed by atoms with E-state index in [1.54, 1.807) is 19.0 Å². The van der Waals surface area contributed by atoms with Gasteiger partial charge in [0, 0.05) is 50.7 Å². The Bertz CT molecular complexity index is 1140. The van der Waals surface area contributed by atoms with Gasteiger partial charge in [0.2, 0.25) is 5.91 Å². The number of carbonyl (C=O) groups excluding carboxylic acids is 1. The molecule has 1 amide bonds. The van der Waals surface area contributed by atoms with Gasteiger partial charge in [-0.3, -0.25) is 9.78 Å². The van der Waals surface area contributed by atoms with Crippen LogP contribution in [0.5, 0.6) is 0 Å². The van der Waals surface area contributed by atoms with E-state index in [4.69, 9.17) is 0 Å². The molecule has 0 spiro atoms. The average Bonchev–Trinajstić information content (AvgIpc) is 2.82. The quantitative estimate of drug-likeness (QED) is 0.433. The number of allylic oxidation sites excluding steroid dienone is 3. The summed E-state index contributed by atoms with van der Waals surface area (Å²) in [6.07, 6.45) is 9.08. The van der Waals surface area contributed by atoms with Gasteiger partial charge in [-0.2, -0.15) is 0 Å². The van der Waals surface area contributed by atoms with Crippen LogP contribution >= 0.6 is 0 Å². The summed E-state index contributed by atoms with van der Waals surface area (Å²) in [6, 6.07) is 16.7. The normalized spacial score (nSPS) is 13.2. The number of nitrogens with zero attached hydrogens (tertiary/aromatic N) is 3. The van der Waals surface area contributed by atoms with Gasteiger partial charge < -0.3 is 9.80 Å². The molecule has 1 heterocycles. The number of rotatable bonds is 7. The molecular weight excluding hydrogens is 394 g/mol. The number of carbonyl (C=O) groups is 1. The predicted molar refractivity (Wildman–Crippen MR) is 135 cm³/mol. The van der Waals surface area contributed by atoms with E-state index in [-0.39, 0.29) is 11.9 Å². The van der Waals surface area contributed by atoms with Crippen LogP contribution in [0.3, 0.4) is 0 Å². The lowest BCUT2D eigenvalue weighted by Gasteiger charge is -2.26. The van der Waals surface area contributed by atoms with Crippen molar-refractivity contribution in [3.63, 3.8) is 0 Å². The van der Waals surface area contributed by atoms with E-state index in [2.05, 4.69) is 73.6 Å². The Kier molecular flexibility index (Phi) is 7.47. The predicted octanol–water partition coefficient (Wildman–Crippen LogP) is 6.01. The Morgan fingerprint density at radius 3 is 2.38 bits per heavy atom. The fourth-order valence-corrected chi connectivity index (χ4v) is 3.63. The largest absolute Gasteiger partial charge is 0.368 e. The van der Waals surface area contributed by atoms with Crippen molar-refractivity contribution >= 4 is 22.3 Å². The highest BCUT2D eigenvalue weighted by Crippen LogP contribution is 2.29. The lowest BCUT2D eigenvalue weighted by atomic mass is 9.97. The Labute approximate surface area is 191 Å². The third-order valence-electron chi connectivity index (χ3n) is 5.91. The molecular formula is C28H33N3O. The lowest BCUT2D eigenvalue weighted by Crippen LogP contribution is -2.40. The minimum Gasteiger partial charge on any atom is -0.368 e. The molecule has 1 aromatic heterocycles. The van der Waals surface area contributed by atoms with Crippen LogP contribution in [0, 0.1) is 0 Å². The van der Waals surface area contributed by atoms with Crippen molar-refractivity contribution in [2.75, 3.05) is 21.1 Å². The Balaban J connectivity index is 1.98. The van der Waals surface area contributed by atoms with E-state index < -0.39 is 0 Å². The third kappa shape index (κ3) is 5.25. The number of hydrogen-bond donors (Lipinski definition) is 0. The summed E-state index contributed by atoms with van der Waals surface area (Å²) < 4.78 is 0. The second-order valence-corrected chi connectivity index (χ2v) is 8.49. The molecule has 0 aliphatic carbocycles. The maximum absolute atomic E-state index is 12.4. The topological polar surface area (TPSA) is 36.4 Å². The Morgan fingerprint density at radius 2 is 1.72 bits per heavy atom. The molecule has 2 aromatic carbocycles. The fourth-order valence-electron chi connectivity index (χ4n) is 3.63. The number of fused-ring (bicyclic) bond motifs is 1. The Morgan fingerprint density at radius 1 is 1.03 bits per heavy atom. The zero-order valence-electron chi connectivity index (χ0n) is 20.0. The number of aromatic nitrogens is 1. The first kappa shape index (κ1) is 23.3. The van der Waals surface area contributed by atoms with Crippen molar-refractivity contribution in [2.45, 2.75) is 33.2 Å². The van der Waals surface area contributed by atoms with Gasteiger partial charge in [0.1, 0.15) is 6.04 Å². The summed E-state index contributed by atoms with van der Waals surface area (Å²) >= 11 is 0. The second-order valence-electron chi connectivity index (χ2n) is 8.49. The SMILES string of the molecule is CC/C(C)=C\C(=C/N(C)C(C)C(=O)N(C)C)c1ccc(-c2cncc3ccccc23)cc1. The first-order valence-corrected chi connectivity index (χ1v) is 11.1. The minimum atomic E-state index is -0.239. The van der Waals surface area contributed by atoms with Crippen molar-refractivity contribution < 1.29 is 4.79 Å². The highest BCUT2D eigenvalue weighted by Gasteiger charge is 2.18. The van der Waals surface area contributed by atoms with Gasteiger partial charge in [-0.25, -0.2) is 0 Å². The Hall–Kier alpha value is -3.40. The van der Waals surface area contributed by atoms with Crippen LogP contribution in [0.4, 0.5) is 0 Å². The van der Waals surface area contributed by atoms with Crippen molar-refractivity contribution in [3.8, 4) is 11.1 Å². The average molecular weight is 428 g/mol. The summed E-state index contributed by atoms with van der Waals surface area (Å²) in [4.78, 5) is 20.5. The standard InChI is InChI=1S/C28H33N3O/c1-7-20(2)16-25(19-31(6)21(3)28(32)30(4)5)22-12-14-23(15-13-22)27-18-29-17-24-10-8-9-11-26(24)27/h8-19,21H,7H2,1-6H3/b20-16-,25-19+. The third-order valence-corrected chi connectivity index (χ3v) is 5.91. The van der Waals surface area contributed by atoms with Gasteiger partial charge in [-0.15, -0.1) is 0 Å². The number of likely N-dealkylation sites (N-methyl/N-ethyl adjacent to an activating group) is 2. The van der Waals surface area contributed by atoms with Crippen LogP contribution in [0.2, 0.25) is 0 Å². The van der Waals surface area contributed by atoms with E-state index in [9.17, 15) is 4.79 Å². The molecule has 0 fully saturated rings. The van der Waals surface area contributed by atoms with E-state index in [0.29, 0.717) is 0 Å². The van der Waals surface area contributed by atoms with Crippen molar-refractivity contribution in [1.29, 1.82) is 0 Å². The molecule has 1 atom stereocenters. The zero-order chi connectivity index (χ0) is 23.3. The van der Waals surface area contributed by atoms with Crippen molar-refractivity contribution in [1.82, 2.24) is 14.8 Å². The molecule has 32 heavy (non-hydrogen) atoms. The van der Waals surface area contributed by atoms with Crippen molar-refractivity contribution in [2.24, 2.45) is 0 Å². The van der Waals surface area contributed by atoms with Gasteiger partial charge in [-0.05, 0) is 42.4 Å². The van der Waals surface area contributed by atoms with E-state index in [1.807, 2.05) is 37.3 Å². The van der Waals surface area contributed by atoms with Gasteiger partial charge in [0.15, 0.2) is 0 Å². The molecule has 0 aliphatic heterocycles. The number of pyridine rings is 1. The van der Waals surface area contributed by atoms with Crippen LogP contribution in [0.15, 0.2) is 78.8 Å². The minimum absolute atomic E-state index is 0.0816. The summed E-state index contributed by atoms with van der Waals surface area (Å²) in [6.45, 7) is 6.23. The fraction of sp³-hybridized carbons (Fsp3) is 0.286. The molecule has 0 N–H and O–H groups in total. The maximum Gasteiger partial charge on any atom is 0.244 e. The summed E-state index contributed by atoms with van der Waals surface area (Å²) in [5.41, 5.74) is 5.76. The highest BCUT2D eigenvalue weighted by molar-refractivity contribution is 5.96. The monoisotopic (exact) mass is 427 g/mol. The molecule has 3 rings (SSSR count). The zero-order valence-corrected chi connectivity index (χ0v) is 20.0. The molecule has 0 radical (unpaired) electrons. The lowest BCUT2D eigenvalue weighted by molar-refractivity contribution is -0.132. The summed E-state index contributed by atoms with van der Waals surface area (Å²) in [7, 11) is 5.54. The smallest absolute Gasteiger partial charge is 0.244 e. The van der Waals surface area contributed by atoms with E-state index >= 15 is 0 Å². The molecule has 0 saturated carbocycles. The van der Waals surface area contributed by atoms with Gasteiger partial charge in [0.25, 0.3) is 0 Å². The van der Waals surface area contributed by atoms with Crippen LogP contribution in [0.25, 0.3) is 27.5 Å². The van der Waals surface area contributed by atoms with Crippen LogP contribution in [-0.2, 0) is 4.79 Å². The molecule has 4 nitrogen and oxygen atoms in total. The first-order chi connectivity index (χ1) is 15.3. The van der Waals surface area contributed by atoms with Crippen LogP contribution < -0.4 is 0 Å². The van der Waals surface area contributed by atoms with E-state index in [0.717, 1.165) is 34.1 Å². The molecule has 0 saturated heterocycles. The summed E-state index contributed by atoms with van der Waals surface area (Å²) in [5.74, 6) is 0.0816. The van der Waals surface area contributed by atoms with Crippen molar-refractivity contribution in [3.05, 3.63) is 84.3 Å². The van der Waals surface area contributed by atoms with Gasteiger partial charge in [0.05, 0.1) is 0 Å². The van der Waals surface area contributed by atoms with Crippen LogP contribution in [-0.4, -0.2) is 47.9 Å². The summed E-state index contributed by atoms with van der Waals surface area (Å²) in [5, 5.41) is 2.33. The molecule has 3 aromatic rings. The second kappa shape index (κ2) is 10.3. The molecule has 0 aliphatic rings. The highest BCUT2D eigenvalue weighted by atomic mass is 16.2. The number of amides is 1. The molecule has 166 valence electrons. The number of benzene rings is 2. The van der Waals surface area contributed by atoms with Gasteiger partial charge in [-0.1, -0.05) is 67.1 Å². The molecule has 0 bridgehead atoms. The maximum atomic E-state index is 12.4. The first-order valence-electron chi connectivity index (χ1n) is 11.1. The molecule has 1 unspecified atom stereocenters.